The predicted molar refractivity (Wildman–Crippen MR) is 82.3 cm³/mol. The second kappa shape index (κ2) is 5.81. The zero-order chi connectivity index (χ0) is 14.0. The highest BCUT2D eigenvalue weighted by Gasteiger charge is 2.17. The third-order valence-corrected chi connectivity index (χ3v) is 3.95. The third kappa shape index (κ3) is 2.56. The Labute approximate surface area is 124 Å². The van der Waals surface area contributed by atoms with Gasteiger partial charge in [-0.2, -0.15) is 0 Å². The molecule has 4 nitrogen and oxygen atoms in total. The van der Waals surface area contributed by atoms with Crippen molar-refractivity contribution in [3.8, 4) is 11.5 Å². The van der Waals surface area contributed by atoms with Crippen LogP contribution >= 0.6 is 22.6 Å². The number of methoxy groups -OCH3 is 2. The molecule has 2 aromatic rings. The van der Waals surface area contributed by atoms with Crippen molar-refractivity contribution < 1.29 is 13.9 Å². The predicted octanol–water partition coefficient (Wildman–Crippen LogP) is 3.37. The summed E-state index contributed by atoms with van der Waals surface area (Å²) in [6.45, 7) is 2.07. The first-order valence-electron chi connectivity index (χ1n) is 5.99. The van der Waals surface area contributed by atoms with E-state index in [-0.39, 0.29) is 5.63 Å². The summed E-state index contributed by atoms with van der Waals surface area (Å²) in [7, 11) is 3.18. The van der Waals surface area contributed by atoms with E-state index in [0.717, 1.165) is 27.4 Å². The van der Waals surface area contributed by atoms with E-state index in [1.807, 2.05) is 6.07 Å². The Bertz CT molecular complexity index is 661. The summed E-state index contributed by atoms with van der Waals surface area (Å²) in [4.78, 5) is 11.7. The fourth-order valence-corrected chi connectivity index (χ4v) is 2.86. The largest absolute Gasteiger partial charge is 0.496 e. The summed E-state index contributed by atoms with van der Waals surface area (Å²) in [6, 6.07) is 3.36. The molecule has 0 spiro atoms. The maximum Gasteiger partial charge on any atom is 0.336 e. The highest BCUT2D eigenvalue weighted by Crippen LogP contribution is 2.37. The standard InChI is InChI=1S/C14H15IO4/c1-4-5-8-6-11(16)19-14-12(8)9(17-2)7-10(18-3)13(14)15/h6-7H,4-5H2,1-3H3. The fourth-order valence-electron chi connectivity index (χ4n) is 2.11. The highest BCUT2D eigenvalue weighted by molar-refractivity contribution is 14.1. The number of aryl methyl sites for hydroxylation is 1. The summed E-state index contributed by atoms with van der Waals surface area (Å²) in [5, 5.41) is 0.856. The number of hydrogen-bond acceptors (Lipinski definition) is 4. The Balaban J connectivity index is 2.91. The molecule has 1 aromatic heterocycles. The average Bonchev–Trinajstić information content (AvgIpc) is 2.40. The van der Waals surface area contributed by atoms with Gasteiger partial charge >= 0.3 is 5.63 Å². The molecule has 0 atom stereocenters. The Morgan fingerprint density at radius 3 is 2.47 bits per heavy atom. The molecule has 0 aliphatic carbocycles. The van der Waals surface area contributed by atoms with E-state index >= 15 is 0 Å². The van der Waals surface area contributed by atoms with Crippen LogP contribution in [0.3, 0.4) is 0 Å². The lowest BCUT2D eigenvalue weighted by molar-refractivity contribution is 0.393. The molecule has 5 heteroatoms. The van der Waals surface area contributed by atoms with E-state index in [2.05, 4.69) is 29.5 Å². The van der Waals surface area contributed by atoms with Crippen LogP contribution in [-0.2, 0) is 6.42 Å². The van der Waals surface area contributed by atoms with Crippen LogP contribution in [0.1, 0.15) is 18.9 Å². The molecule has 0 saturated heterocycles. The lowest BCUT2D eigenvalue weighted by Crippen LogP contribution is -2.04. The molecule has 0 amide bonds. The lowest BCUT2D eigenvalue weighted by atomic mass is 10.0. The quantitative estimate of drug-likeness (QED) is 0.608. The van der Waals surface area contributed by atoms with Crippen molar-refractivity contribution in [1.82, 2.24) is 0 Å². The van der Waals surface area contributed by atoms with Crippen molar-refractivity contribution in [2.45, 2.75) is 19.8 Å². The van der Waals surface area contributed by atoms with Crippen molar-refractivity contribution in [2.24, 2.45) is 0 Å². The number of halogens is 1. The van der Waals surface area contributed by atoms with E-state index in [1.54, 1.807) is 14.2 Å². The van der Waals surface area contributed by atoms with Gasteiger partial charge in [0.2, 0.25) is 0 Å². The van der Waals surface area contributed by atoms with Gasteiger partial charge in [0.25, 0.3) is 0 Å². The van der Waals surface area contributed by atoms with E-state index in [4.69, 9.17) is 13.9 Å². The van der Waals surface area contributed by atoms with Crippen LogP contribution in [0.5, 0.6) is 11.5 Å². The van der Waals surface area contributed by atoms with Gasteiger partial charge in [-0.25, -0.2) is 4.79 Å². The summed E-state index contributed by atoms with van der Waals surface area (Å²) in [5.41, 5.74) is 1.14. The first kappa shape index (κ1) is 14.2. The average molecular weight is 374 g/mol. The molecule has 0 aliphatic rings. The minimum absolute atomic E-state index is 0.343. The van der Waals surface area contributed by atoms with E-state index < -0.39 is 0 Å². The maximum absolute atomic E-state index is 11.7. The van der Waals surface area contributed by atoms with Gasteiger partial charge in [0.1, 0.15) is 11.5 Å². The van der Waals surface area contributed by atoms with Crippen LogP contribution < -0.4 is 15.1 Å². The summed E-state index contributed by atoms with van der Waals surface area (Å²) < 4.78 is 16.8. The van der Waals surface area contributed by atoms with Crippen molar-refractivity contribution >= 4 is 33.6 Å². The van der Waals surface area contributed by atoms with Crippen LogP contribution in [0, 0.1) is 3.57 Å². The van der Waals surface area contributed by atoms with Crippen LogP contribution in [0.2, 0.25) is 0 Å². The molecular formula is C14H15IO4. The zero-order valence-electron chi connectivity index (χ0n) is 11.1. The first-order chi connectivity index (χ1) is 9.12. The van der Waals surface area contributed by atoms with Crippen LogP contribution in [0.4, 0.5) is 0 Å². The van der Waals surface area contributed by atoms with Gasteiger partial charge in [0.05, 0.1) is 23.2 Å². The van der Waals surface area contributed by atoms with E-state index in [1.165, 1.54) is 6.07 Å². The van der Waals surface area contributed by atoms with Crippen molar-refractivity contribution in [2.75, 3.05) is 14.2 Å². The lowest BCUT2D eigenvalue weighted by Gasteiger charge is -2.13. The summed E-state index contributed by atoms with van der Waals surface area (Å²) in [6.07, 6.45) is 1.76. The van der Waals surface area contributed by atoms with Crippen LogP contribution in [0.15, 0.2) is 21.3 Å². The summed E-state index contributed by atoms with van der Waals surface area (Å²) >= 11 is 2.12. The first-order valence-corrected chi connectivity index (χ1v) is 7.07. The maximum atomic E-state index is 11.7. The SMILES string of the molecule is CCCc1cc(=O)oc2c(I)c(OC)cc(OC)c12. The monoisotopic (exact) mass is 374 g/mol. The molecule has 0 N–H and O–H groups in total. The number of benzene rings is 1. The number of hydrogen-bond donors (Lipinski definition) is 0. The second-order valence-electron chi connectivity index (χ2n) is 4.14. The highest BCUT2D eigenvalue weighted by atomic mass is 127. The van der Waals surface area contributed by atoms with Crippen LogP contribution in [-0.4, -0.2) is 14.2 Å². The van der Waals surface area contributed by atoms with Gasteiger partial charge in [-0.1, -0.05) is 13.3 Å². The van der Waals surface area contributed by atoms with Gasteiger partial charge in [-0.3, -0.25) is 0 Å². The fraction of sp³-hybridized carbons (Fsp3) is 0.357. The summed E-state index contributed by atoms with van der Waals surface area (Å²) in [5.74, 6) is 1.31. The Kier molecular flexibility index (Phi) is 4.34. The van der Waals surface area contributed by atoms with Crippen molar-refractivity contribution in [3.63, 3.8) is 0 Å². The molecule has 1 aromatic carbocycles. The molecule has 19 heavy (non-hydrogen) atoms. The van der Waals surface area contributed by atoms with Crippen molar-refractivity contribution in [1.29, 1.82) is 0 Å². The molecule has 0 saturated carbocycles. The number of ether oxygens (including phenoxy) is 2. The molecule has 0 radical (unpaired) electrons. The van der Waals surface area contributed by atoms with Crippen molar-refractivity contribution in [3.05, 3.63) is 31.7 Å². The number of fused-ring (bicyclic) bond motifs is 1. The Morgan fingerprint density at radius 2 is 1.89 bits per heavy atom. The van der Waals surface area contributed by atoms with Gasteiger partial charge in [-0.05, 0) is 34.6 Å². The van der Waals surface area contributed by atoms with Gasteiger partial charge in [0.15, 0.2) is 5.58 Å². The van der Waals surface area contributed by atoms with Crippen LogP contribution in [0.25, 0.3) is 11.0 Å². The molecule has 2 rings (SSSR count). The minimum Gasteiger partial charge on any atom is -0.496 e. The molecule has 1 heterocycles. The molecule has 0 fully saturated rings. The zero-order valence-corrected chi connectivity index (χ0v) is 13.2. The molecular weight excluding hydrogens is 359 g/mol. The minimum atomic E-state index is -0.343. The van der Waals surface area contributed by atoms with E-state index in [0.29, 0.717) is 17.1 Å². The van der Waals surface area contributed by atoms with Gasteiger partial charge in [0, 0.05) is 12.1 Å². The Morgan fingerprint density at radius 1 is 1.21 bits per heavy atom. The smallest absolute Gasteiger partial charge is 0.336 e. The van der Waals surface area contributed by atoms with E-state index in [9.17, 15) is 4.79 Å². The third-order valence-electron chi connectivity index (χ3n) is 2.93. The topological polar surface area (TPSA) is 48.7 Å². The van der Waals surface area contributed by atoms with Gasteiger partial charge < -0.3 is 13.9 Å². The number of rotatable bonds is 4. The molecule has 0 unspecified atom stereocenters. The molecule has 102 valence electrons. The Hall–Kier alpha value is -1.24. The molecule has 0 aliphatic heterocycles. The second-order valence-corrected chi connectivity index (χ2v) is 5.22. The van der Waals surface area contributed by atoms with Gasteiger partial charge in [-0.15, -0.1) is 0 Å². The molecule has 0 bridgehead atoms. The normalized spacial score (nSPS) is 10.7.